The molecule has 0 aliphatic heterocycles. The number of rotatable bonds is 3. The summed E-state index contributed by atoms with van der Waals surface area (Å²) >= 11 is 0. The third-order valence-corrected chi connectivity index (χ3v) is 6.74. The minimum atomic E-state index is -0.814. The third kappa shape index (κ3) is 3.85. The molecule has 0 aromatic heterocycles. The number of hydrogen-bond donors (Lipinski definition) is 0. The Morgan fingerprint density at radius 3 is 1.97 bits per heavy atom. The van der Waals surface area contributed by atoms with Gasteiger partial charge in [0.25, 0.3) is 0 Å². The predicted molar refractivity (Wildman–Crippen MR) is 117 cm³/mol. The molecule has 0 N–H and O–H groups in total. The molecule has 0 unspecified atom stereocenters. The number of hydrogen-bond acceptors (Lipinski definition) is 0. The molecule has 1 fully saturated rings. The Bertz CT molecular complexity index is 1010. The van der Waals surface area contributed by atoms with Crippen LogP contribution < -0.4 is 0 Å². The molecular formula is C27H28F2. The fourth-order valence-electron chi connectivity index (χ4n) is 4.72. The van der Waals surface area contributed by atoms with Gasteiger partial charge in [0.1, 0.15) is 0 Å². The molecule has 1 aliphatic carbocycles. The Labute approximate surface area is 172 Å². The maximum absolute atomic E-state index is 14.1. The Balaban J connectivity index is 1.63. The first-order chi connectivity index (χ1) is 14.0. The summed E-state index contributed by atoms with van der Waals surface area (Å²) < 4.78 is 27.6. The molecule has 0 spiro atoms. The highest BCUT2D eigenvalue weighted by atomic mass is 19.2. The maximum atomic E-state index is 14.1. The zero-order valence-corrected chi connectivity index (χ0v) is 17.4. The van der Waals surface area contributed by atoms with Crippen LogP contribution in [-0.4, -0.2) is 0 Å². The fraction of sp³-hybridized carbons (Fsp3) is 0.333. The summed E-state index contributed by atoms with van der Waals surface area (Å²) in [5, 5.41) is 0. The lowest BCUT2D eigenvalue weighted by Crippen LogP contribution is -2.12. The van der Waals surface area contributed by atoms with Gasteiger partial charge in [-0.05, 0) is 78.0 Å². The van der Waals surface area contributed by atoms with Gasteiger partial charge in [-0.25, -0.2) is 8.78 Å². The molecule has 0 radical (unpaired) electrons. The lowest BCUT2D eigenvalue weighted by molar-refractivity contribution is 0.347. The zero-order chi connectivity index (χ0) is 20.5. The average molecular weight is 391 g/mol. The van der Waals surface area contributed by atoms with Crippen LogP contribution in [0.15, 0.2) is 54.6 Å². The largest absolute Gasteiger partial charge is 0.204 e. The molecule has 3 aromatic carbocycles. The van der Waals surface area contributed by atoms with Crippen LogP contribution in [0.4, 0.5) is 8.78 Å². The average Bonchev–Trinajstić information content (AvgIpc) is 2.73. The summed E-state index contributed by atoms with van der Waals surface area (Å²) in [7, 11) is 0. The van der Waals surface area contributed by atoms with Gasteiger partial charge in [-0.3, -0.25) is 0 Å². The van der Waals surface area contributed by atoms with Crippen LogP contribution in [-0.2, 0) is 0 Å². The lowest BCUT2D eigenvalue weighted by atomic mass is 9.77. The first-order valence-electron chi connectivity index (χ1n) is 10.6. The summed E-state index contributed by atoms with van der Waals surface area (Å²) in [5.74, 6) is -0.0742. The van der Waals surface area contributed by atoms with E-state index in [1.807, 2.05) is 24.3 Å². The smallest absolute Gasteiger partial charge is 0.166 e. The highest BCUT2D eigenvalue weighted by molar-refractivity contribution is 5.73. The Hall–Kier alpha value is -2.48. The quantitative estimate of drug-likeness (QED) is 0.423. The van der Waals surface area contributed by atoms with Crippen LogP contribution in [0, 0.1) is 31.4 Å². The molecule has 0 nitrogen and oxygen atoms in total. The Morgan fingerprint density at radius 1 is 0.690 bits per heavy atom. The van der Waals surface area contributed by atoms with Gasteiger partial charge in [0.15, 0.2) is 11.6 Å². The van der Waals surface area contributed by atoms with Gasteiger partial charge >= 0.3 is 0 Å². The van der Waals surface area contributed by atoms with Gasteiger partial charge in [-0.15, -0.1) is 0 Å². The number of benzene rings is 3. The van der Waals surface area contributed by atoms with Crippen molar-refractivity contribution in [3.63, 3.8) is 0 Å². The highest BCUT2D eigenvalue weighted by Gasteiger charge is 2.22. The van der Waals surface area contributed by atoms with E-state index in [4.69, 9.17) is 0 Å². The summed E-state index contributed by atoms with van der Waals surface area (Å²) in [6.45, 7) is 6.79. The first-order valence-corrected chi connectivity index (χ1v) is 10.6. The molecule has 0 heterocycles. The number of halogens is 2. The van der Waals surface area contributed by atoms with Crippen LogP contribution in [0.5, 0.6) is 0 Å². The Kier molecular flexibility index (Phi) is 5.54. The van der Waals surface area contributed by atoms with Crippen LogP contribution >= 0.6 is 0 Å². The molecule has 0 atom stereocenters. The van der Waals surface area contributed by atoms with Crippen molar-refractivity contribution in [3.05, 3.63) is 82.9 Å². The van der Waals surface area contributed by atoms with Crippen LogP contribution in [0.3, 0.4) is 0 Å². The van der Waals surface area contributed by atoms with E-state index < -0.39 is 11.6 Å². The van der Waals surface area contributed by atoms with Gasteiger partial charge in [0.05, 0.1) is 0 Å². The summed E-state index contributed by atoms with van der Waals surface area (Å²) in [4.78, 5) is 0. The van der Waals surface area contributed by atoms with Gasteiger partial charge in [0.2, 0.25) is 0 Å². The van der Waals surface area contributed by atoms with Gasteiger partial charge < -0.3 is 0 Å². The van der Waals surface area contributed by atoms with E-state index in [0.717, 1.165) is 17.5 Å². The lowest BCUT2D eigenvalue weighted by Gasteiger charge is -2.28. The summed E-state index contributed by atoms with van der Waals surface area (Å²) in [5.41, 5.74) is 7.50. The molecule has 150 valence electrons. The highest BCUT2D eigenvalue weighted by Crippen LogP contribution is 2.39. The molecule has 0 bridgehead atoms. The van der Waals surface area contributed by atoms with E-state index in [1.165, 1.54) is 47.9 Å². The van der Waals surface area contributed by atoms with Crippen molar-refractivity contribution in [2.75, 3.05) is 0 Å². The Morgan fingerprint density at radius 2 is 1.31 bits per heavy atom. The van der Waals surface area contributed by atoms with Crippen molar-refractivity contribution in [1.29, 1.82) is 0 Å². The second-order valence-corrected chi connectivity index (χ2v) is 8.59. The maximum Gasteiger partial charge on any atom is 0.166 e. The first kappa shape index (κ1) is 19.8. The third-order valence-electron chi connectivity index (χ3n) is 6.74. The van der Waals surface area contributed by atoms with Crippen LogP contribution in [0.2, 0.25) is 0 Å². The van der Waals surface area contributed by atoms with Gasteiger partial charge in [-0.2, -0.15) is 0 Å². The molecule has 3 aromatic rings. The zero-order valence-electron chi connectivity index (χ0n) is 17.4. The monoisotopic (exact) mass is 390 g/mol. The molecule has 1 aliphatic rings. The fourth-order valence-corrected chi connectivity index (χ4v) is 4.72. The van der Waals surface area contributed by atoms with Crippen LogP contribution in [0.1, 0.15) is 55.2 Å². The predicted octanol–water partition coefficient (Wildman–Crippen LogP) is 8.21. The van der Waals surface area contributed by atoms with E-state index in [2.05, 4.69) is 32.9 Å². The van der Waals surface area contributed by atoms with Crippen LogP contribution in [0.25, 0.3) is 22.3 Å². The molecular weight excluding hydrogens is 362 g/mol. The van der Waals surface area contributed by atoms with E-state index in [0.29, 0.717) is 17.0 Å². The second-order valence-electron chi connectivity index (χ2n) is 8.59. The van der Waals surface area contributed by atoms with E-state index in [1.54, 1.807) is 12.1 Å². The van der Waals surface area contributed by atoms with Crippen molar-refractivity contribution < 1.29 is 8.78 Å². The second kappa shape index (κ2) is 8.10. The van der Waals surface area contributed by atoms with E-state index >= 15 is 0 Å². The van der Waals surface area contributed by atoms with Crippen molar-refractivity contribution in [1.82, 2.24) is 0 Å². The van der Waals surface area contributed by atoms with Crippen molar-refractivity contribution in [2.24, 2.45) is 5.92 Å². The van der Waals surface area contributed by atoms with Crippen molar-refractivity contribution >= 4 is 0 Å². The summed E-state index contributed by atoms with van der Waals surface area (Å²) in [6, 6.07) is 16.6. The molecule has 2 heteroatoms. The molecule has 4 rings (SSSR count). The van der Waals surface area contributed by atoms with Gasteiger partial charge in [-0.1, -0.05) is 68.3 Å². The molecule has 29 heavy (non-hydrogen) atoms. The SMILES string of the molecule is Cc1c(-c2ccc(-c3cccc(F)c3F)cc2)ccc(C2CCC(C)CC2)c1C. The van der Waals surface area contributed by atoms with Crippen molar-refractivity contribution in [2.45, 2.75) is 52.4 Å². The topological polar surface area (TPSA) is 0 Å². The van der Waals surface area contributed by atoms with Crippen molar-refractivity contribution in [3.8, 4) is 22.3 Å². The minimum absolute atomic E-state index is 0.298. The van der Waals surface area contributed by atoms with E-state index in [-0.39, 0.29) is 0 Å². The van der Waals surface area contributed by atoms with E-state index in [9.17, 15) is 8.78 Å². The molecule has 0 saturated heterocycles. The normalized spacial score (nSPS) is 19.3. The van der Waals surface area contributed by atoms with Gasteiger partial charge in [0, 0.05) is 5.56 Å². The standard InChI is InChI=1S/C27H28F2/c1-17-7-9-20(10-8-17)23-15-16-24(19(3)18(23)2)21-11-13-22(14-12-21)25-5-4-6-26(28)27(25)29/h4-6,11-17,20H,7-10H2,1-3H3. The minimum Gasteiger partial charge on any atom is -0.204 e. The summed E-state index contributed by atoms with van der Waals surface area (Å²) in [6.07, 6.45) is 5.22. The molecule has 1 saturated carbocycles. The molecule has 0 amide bonds.